The summed E-state index contributed by atoms with van der Waals surface area (Å²) in [5.41, 5.74) is 1.40. The van der Waals surface area contributed by atoms with E-state index < -0.39 is 0 Å². The maximum Gasteiger partial charge on any atom is 0.0881 e. The quantitative estimate of drug-likeness (QED) is 0.391. The van der Waals surface area contributed by atoms with Crippen LogP contribution in [0.25, 0.3) is 0 Å². The average Bonchev–Trinajstić information content (AvgIpc) is 2.34. The summed E-state index contributed by atoms with van der Waals surface area (Å²) < 4.78 is 0.550. The zero-order valence-corrected chi connectivity index (χ0v) is 7.58. The Morgan fingerprint density at radius 1 is 1.40 bits per heavy atom. The van der Waals surface area contributed by atoms with Gasteiger partial charge in [0, 0.05) is 12.1 Å². The number of hydrogen-bond donors (Lipinski definition) is 1. The summed E-state index contributed by atoms with van der Waals surface area (Å²) in [4.78, 5) is 0. The number of allylic oxidation sites excluding steroid dienone is 3. The van der Waals surface area contributed by atoms with Gasteiger partial charge in [0.15, 0.2) is 0 Å². The third-order valence-electron chi connectivity index (χ3n) is 1.83. The second kappa shape index (κ2) is 2.42. The molecule has 0 radical (unpaired) electrons. The summed E-state index contributed by atoms with van der Waals surface area (Å²) in [6.45, 7) is 0. The summed E-state index contributed by atoms with van der Waals surface area (Å²) in [5.74, 6) is 0.602. The van der Waals surface area contributed by atoms with E-state index in [4.69, 9.17) is 0 Å². The van der Waals surface area contributed by atoms with Gasteiger partial charge in [0.2, 0.25) is 0 Å². The lowest BCUT2D eigenvalue weighted by Crippen LogP contribution is -2.18. The summed E-state index contributed by atoms with van der Waals surface area (Å²) >= 11 is 2.42. The molecule has 2 atom stereocenters. The van der Waals surface area contributed by atoms with E-state index >= 15 is 0 Å². The lowest BCUT2D eigenvalue weighted by molar-refractivity contribution is 0.742. The molecule has 0 bridgehead atoms. The molecule has 1 N–H and O–H groups in total. The van der Waals surface area contributed by atoms with E-state index in [0.717, 1.165) is 0 Å². The van der Waals surface area contributed by atoms with Crippen molar-refractivity contribution in [3.05, 3.63) is 36.1 Å². The van der Waals surface area contributed by atoms with Gasteiger partial charge in [0.1, 0.15) is 0 Å². The minimum absolute atomic E-state index is 0.550. The molecule has 0 spiro atoms. The van der Waals surface area contributed by atoms with Gasteiger partial charge in [-0.3, -0.25) is 0 Å². The van der Waals surface area contributed by atoms with Crippen LogP contribution in [-0.4, -0.2) is 4.05 Å². The first-order valence-corrected chi connectivity index (χ1v) is 4.57. The lowest BCUT2D eigenvalue weighted by Gasteiger charge is -2.13. The van der Waals surface area contributed by atoms with Gasteiger partial charge < -0.3 is 5.32 Å². The summed E-state index contributed by atoms with van der Waals surface area (Å²) in [6, 6.07) is 0. The monoisotopic (exact) mass is 245 g/mol. The molecule has 2 rings (SSSR count). The molecule has 0 aromatic heterocycles. The van der Waals surface area contributed by atoms with Crippen LogP contribution in [0.2, 0.25) is 0 Å². The standard InChI is InChI=1S/C8H8IN/c9-8-7-4-2-1-3-6(7)5-10-8/h1-5,7-8,10H/t7?,8-/m1/s1. The van der Waals surface area contributed by atoms with Crippen LogP contribution in [0.4, 0.5) is 0 Å². The van der Waals surface area contributed by atoms with Crippen molar-refractivity contribution < 1.29 is 0 Å². The highest BCUT2D eigenvalue weighted by Gasteiger charge is 2.23. The molecule has 1 aliphatic heterocycles. The van der Waals surface area contributed by atoms with E-state index in [2.05, 4.69) is 58.4 Å². The van der Waals surface area contributed by atoms with E-state index in [1.165, 1.54) is 5.57 Å². The number of fused-ring (bicyclic) bond motifs is 1. The van der Waals surface area contributed by atoms with Crippen molar-refractivity contribution >= 4 is 22.6 Å². The van der Waals surface area contributed by atoms with E-state index in [0.29, 0.717) is 9.97 Å². The third-order valence-corrected chi connectivity index (χ3v) is 2.96. The minimum atomic E-state index is 0.550. The Hall–Kier alpha value is -0.250. The normalized spacial score (nSPS) is 35.1. The van der Waals surface area contributed by atoms with Crippen LogP contribution in [0.1, 0.15) is 0 Å². The van der Waals surface area contributed by atoms with Crippen LogP contribution < -0.4 is 5.32 Å². The average molecular weight is 245 g/mol. The molecule has 2 heteroatoms. The molecule has 0 fully saturated rings. The second-order valence-corrected chi connectivity index (χ2v) is 3.82. The Labute approximate surface area is 74.0 Å². The maximum atomic E-state index is 3.28. The van der Waals surface area contributed by atoms with Crippen LogP contribution >= 0.6 is 22.6 Å². The minimum Gasteiger partial charge on any atom is -0.378 e. The highest BCUT2D eigenvalue weighted by atomic mass is 127. The summed E-state index contributed by atoms with van der Waals surface area (Å²) in [5, 5.41) is 3.28. The summed E-state index contributed by atoms with van der Waals surface area (Å²) in [7, 11) is 0. The molecule has 2 aliphatic rings. The number of alkyl halides is 1. The van der Waals surface area contributed by atoms with Gasteiger partial charge in [-0.25, -0.2) is 0 Å². The van der Waals surface area contributed by atoms with Crippen molar-refractivity contribution in [3.63, 3.8) is 0 Å². The molecule has 0 amide bonds. The molecular weight excluding hydrogens is 237 g/mol. The topological polar surface area (TPSA) is 12.0 Å². The van der Waals surface area contributed by atoms with Gasteiger partial charge in [-0.15, -0.1) is 0 Å². The predicted molar refractivity (Wildman–Crippen MR) is 50.8 cm³/mol. The molecule has 0 aromatic rings. The van der Waals surface area contributed by atoms with Crippen molar-refractivity contribution in [1.82, 2.24) is 5.32 Å². The molecule has 52 valence electrons. The van der Waals surface area contributed by atoms with Crippen LogP contribution in [0.3, 0.4) is 0 Å². The molecular formula is C8H8IN. The van der Waals surface area contributed by atoms with E-state index in [9.17, 15) is 0 Å². The fourth-order valence-corrected chi connectivity index (χ4v) is 2.10. The predicted octanol–water partition coefficient (Wildman–Crippen LogP) is 1.98. The first-order valence-electron chi connectivity index (χ1n) is 3.33. The molecule has 1 heterocycles. The third kappa shape index (κ3) is 0.905. The van der Waals surface area contributed by atoms with Crippen molar-refractivity contribution in [2.45, 2.75) is 4.05 Å². The Bertz CT molecular complexity index is 227. The molecule has 0 aromatic carbocycles. The van der Waals surface area contributed by atoms with Crippen LogP contribution in [0, 0.1) is 5.92 Å². The van der Waals surface area contributed by atoms with Gasteiger partial charge in [0.05, 0.1) is 4.05 Å². The molecule has 10 heavy (non-hydrogen) atoms. The summed E-state index contributed by atoms with van der Waals surface area (Å²) in [6.07, 6.45) is 10.7. The Morgan fingerprint density at radius 2 is 2.30 bits per heavy atom. The van der Waals surface area contributed by atoms with Crippen molar-refractivity contribution in [3.8, 4) is 0 Å². The molecule has 0 saturated carbocycles. The smallest absolute Gasteiger partial charge is 0.0881 e. The number of hydrogen-bond acceptors (Lipinski definition) is 1. The van der Waals surface area contributed by atoms with Crippen molar-refractivity contribution in [1.29, 1.82) is 0 Å². The Kier molecular flexibility index (Phi) is 1.56. The highest BCUT2D eigenvalue weighted by molar-refractivity contribution is 14.1. The first-order chi connectivity index (χ1) is 4.88. The van der Waals surface area contributed by atoms with E-state index in [1.54, 1.807) is 0 Å². The van der Waals surface area contributed by atoms with Crippen LogP contribution in [0.5, 0.6) is 0 Å². The van der Waals surface area contributed by atoms with Gasteiger partial charge >= 0.3 is 0 Å². The van der Waals surface area contributed by atoms with Gasteiger partial charge in [-0.05, 0) is 5.57 Å². The maximum absolute atomic E-state index is 3.28. The largest absolute Gasteiger partial charge is 0.378 e. The molecule has 1 nitrogen and oxygen atoms in total. The Balaban J connectivity index is 2.30. The van der Waals surface area contributed by atoms with Crippen LogP contribution in [-0.2, 0) is 0 Å². The molecule has 1 aliphatic carbocycles. The number of rotatable bonds is 0. The number of halogens is 1. The Morgan fingerprint density at radius 3 is 3.10 bits per heavy atom. The fourth-order valence-electron chi connectivity index (χ4n) is 1.26. The zero-order valence-electron chi connectivity index (χ0n) is 5.42. The van der Waals surface area contributed by atoms with E-state index in [1.807, 2.05) is 0 Å². The van der Waals surface area contributed by atoms with Crippen molar-refractivity contribution in [2.75, 3.05) is 0 Å². The highest BCUT2D eigenvalue weighted by Crippen LogP contribution is 2.29. The van der Waals surface area contributed by atoms with Gasteiger partial charge in [0.25, 0.3) is 0 Å². The first kappa shape index (κ1) is 6.46. The lowest BCUT2D eigenvalue weighted by atomic mass is 9.98. The van der Waals surface area contributed by atoms with Gasteiger partial charge in [-0.2, -0.15) is 0 Å². The van der Waals surface area contributed by atoms with E-state index in [-0.39, 0.29) is 0 Å². The SMILES string of the molecule is I[C@@H]1NC=C2C=CC=CC21. The molecule has 0 saturated heterocycles. The fraction of sp³-hybridized carbons (Fsp3) is 0.250. The van der Waals surface area contributed by atoms with Gasteiger partial charge in [-0.1, -0.05) is 46.9 Å². The number of nitrogens with one attached hydrogen (secondary N) is 1. The van der Waals surface area contributed by atoms with Crippen LogP contribution in [0.15, 0.2) is 36.1 Å². The molecule has 1 unspecified atom stereocenters. The second-order valence-electron chi connectivity index (χ2n) is 2.48. The van der Waals surface area contributed by atoms with Crippen molar-refractivity contribution in [2.24, 2.45) is 5.92 Å². The zero-order chi connectivity index (χ0) is 6.97.